The van der Waals surface area contributed by atoms with Crippen LogP contribution in [-0.4, -0.2) is 61.2 Å². The van der Waals surface area contributed by atoms with Gasteiger partial charge in [0.05, 0.1) is 0 Å². The maximum Gasteiger partial charge on any atom is 0.00965 e. The molecule has 2 saturated heterocycles. The number of piperidine rings is 1. The first-order valence-electron chi connectivity index (χ1n) is 8.96. The van der Waals surface area contributed by atoms with Gasteiger partial charge in [-0.25, -0.2) is 0 Å². The average molecular weight is 279 g/mol. The van der Waals surface area contributed by atoms with Gasteiger partial charge in [-0.3, -0.25) is 0 Å². The molecule has 3 nitrogen and oxygen atoms in total. The molecule has 0 bridgehead atoms. The van der Waals surface area contributed by atoms with Gasteiger partial charge in [0.15, 0.2) is 0 Å². The van der Waals surface area contributed by atoms with Crippen molar-refractivity contribution in [2.75, 3.05) is 39.3 Å². The van der Waals surface area contributed by atoms with Crippen LogP contribution in [0, 0.1) is 11.8 Å². The van der Waals surface area contributed by atoms with Crippen LogP contribution in [0.1, 0.15) is 46.0 Å². The maximum absolute atomic E-state index is 3.87. The summed E-state index contributed by atoms with van der Waals surface area (Å²) in [5.74, 6) is 1.77. The van der Waals surface area contributed by atoms with Gasteiger partial charge in [0.25, 0.3) is 0 Å². The van der Waals surface area contributed by atoms with E-state index in [0.29, 0.717) is 6.04 Å². The molecule has 3 atom stereocenters. The maximum atomic E-state index is 3.87. The Morgan fingerprint density at radius 3 is 2.70 bits per heavy atom. The summed E-state index contributed by atoms with van der Waals surface area (Å²) in [5.41, 5.74) is 0. The van der Waals surface area contributed by atoms with E-state index in [-0.39, 0.29) is 0 Å². The van der Waals surface area contributed by atoms with Crippen molar-refractivity contribution in [2.24, 2.45) is 11.8 Å². The highest BCUT2D eigenvalue weighted by atomic mass is 15.2. The first-order valence-corrected chi connectivity index (χ1v) is 8.96. The van der Waals surface area contributed by atoms with Crippen LogP contribution in [-0.2, 0) is 0 Å². The largest absolute Gasteiger partial charge is 0.314 e. The van der Waals surface area contributed by atoms with Crippen molar-refractivity contribution in [3.63, 3.8) is 0 Å². The Bertz CT molecular complexity index is 303. The normalized spacial score (nSPS) is 34.5. The third kappa shape index (κ3) is 3.75. The Kier molecular flexibility index (Phi) is 5.00. The minimum absolute atomic E-state index is 0.694. The molecule has 3 heteroatoms. The van der Waals surface area contributed by atoms with E-state index in [1.807, 2.05) is 0 Å². The average Bonchev–Trinajstić information content (AvgIpc) is 3.24. The van der Waals surface area contributed by atoms with Crippen LogP contribution in [0.15, 0.2) is 0 Å². The number of hydrogen-bond acceptors (Lipinski definition) is 3. The van der Waals surface area contributed by atoms with Crippen molar-refractivity contribution in [1.82, 2.24) is 15.1 Å². The second-order valence-corrected chi connectivity index (χ2v) is 7.37. The molecule has 2 aliphatic heterocycles. The fourth-order valence-electron chi connectivity index (χ4n) is 4.11. The summed E-state index contributed by atoms with van der Waals surface area (Å²) in [6.45, 7) is 12.5. The van der Waals surface area contributed by atoms with Crippen LogP contribution in [0.4, 0.5) is 0 Å². The van der Waals surface area contributed by atoms with E-state index in [1.165, 1.54) is 71.4 Å². The molecule has 0 aromatic heterocycles. The fraction of sp³-hybridized carbons (Fsp3) is 1.00. The van der Waals surface area contributed by atoms with Gasteiger partial charge >= 0.3 is 0 Å². The van der Waals surface area contributed by atoms with Gasteiger partial charge in [-0.2, -0.15) is 0 Å². The smallest absolute Gasteiger partial charge is 0.00965 e. The monoisotopic (exact) mass is 279 g/mol. The lowest BCUT2D eigenvalue weighted by Gasteiger charge is -2.36. The van der Waals surface area contributed by atoms with Gasteiger partial charge in [-0.15, -0.1) is 0 Å². The van der Waals surface area contributed by atoms with Crippen LogP contribution in [0.25, 0.3) is 0 Å². The molecule has 0 amide bonds. The summed E-state index contributed by atoms with van der Waals surface area (Å²) in [6.07, 6.45) is 7.16. The predicted octanol–water partition coefficient (Wildman–Crippen LogP) is 2.18. The van der Waals surface area contributed by atoms with Crippen LogP contribution in [0.3, 0.4) is 0 Å². The summed E-state index contributed by atoms with van der Waals surface area (Å²) in [7, 11) is 0. The van der Waals surface area contributed by atoms with Crippen molar-refractivity contribution in [2.45, 2.75) is 58.0 Å². The lowest BCUT2D eigenvalue weighted by molar-refractivity contribution is 0.155. The summed E-state index contributed by atoms with van der Waals surface area (Å²) in [5, 5.41) is 3.87. The standard InChI is InChI=1S/C17H33N3/c1-3-19-9-4-5-16(13-19)14(2)18-11-15-8-10-20(12-15)17-6-7-17/h14-18H,3-13H2,1-2H3. The Hall–Kier alpha value is -0.120. The number of rotatable bonds is 6. The highest BCUT2D eigenvalue weighted by molar-refractivity contribution is 4.90. The summed E-state index contributed by atoms with van der Waals surface area (Å²) >= 11 is 0. The van der Waals surface area contributed by atoms with Crippen molar-refractivity contribution < 1.29 is 0 Å². The first kappa shape index (κ1) is 14.8. The number of nitrogens with one attached hydrogen (secondary N) is 1. The SMILES string of the molecule is CCN1CCCC(C(C)NCC2CCN(C3CC3)C2)C1. The Morgan fingerprint density at radius 2 is 1.95 bits per heavy atom. The lowest BCUT2D eigenvalue weighted by Crippen LogP contribution is -2.45. The van der Waals surface area contributed by atoms with Gasteiger partial charge in [0, 0.05) is 25.2 Å². The number of likely N-dealkylation sites (tertiary alicyclic amines) is 2. The fourth-order valence-corrected chi connectivity index (χ4v) is 4.11. The molecule has 2 heterocycles. The molecular formula is C17H33N3. The van der Waals surface area contributed by atoms with E-state index in [9.17, 15) is 0 Å². The zero-order valence-electron chi connectivity index (χ0n) is 13.5. The Morgan fingerprint density at radius 1 is 1.10 bits per heavy atom. The number of nitrogens with zero attached hydrogens (tertiary/aromatic N) is 2. The lowest BCUT2D eigenvalue weighted by atomic mass is 9.91. The molecule has 0 spiro atoms. The molecule has 1 N–H and O–H groups in total. The molecule has 0 aromatic carbocycles. The zero-order chi connectivity index (χ0) is 13.9. The highest BCUT2D eigenvalue weighted by Gasteiger charge is 2.34. The third-order valence-corrected chi connectivity index (χ3v) is 5.81. The van der Waals surface area contributed by atoms with Crippen LogP contribution < -0.4 is 5.32 Å². The number of hydrogen-bond donors (Lipinski definition) is 1. The molecule has 3 rings (SSSR count). The topological polar surface area (TPSA) is 18.5 Å². The van der Waals surface area contributed by atoms with Gasteiger partial charge in [0.1, 0.15) is 0 Å². The minimum atomic E-state index is 0.694. The first-order chi connectivity index (χ1) is 9.76. The summed E-state index contributed by atoms with van der Waals surface area (Å²) in [4.78, 5) is 5.35. The molecule has 0 radical (unpaired) electrons. The quantitative estimate of drug-likeness (QED) is 0.804. The molecular weight excluding hydrogens is 246 g/mol. The van der Waals surface area contributed by atoms with E-state index in [4.69, 9.17) is 0 Å². The van der Waals surface area contributed by atoms with Crippen molar-refractivity contribution in [1.29, 1.82) is 0 Å². The second-order valence-electron chi connectivity index (χ2n) is 7.37. The van der Waals surface area contributed by atoms with E-state index >= 15 is 0 Å². The second kappa shape index (κ2) is 6.76. The molecule has 3 aliphatic rings. The highest BCUT2D eigenvalue weighted by Crippen LogP contribution is 2.31. The molecule has 116 valence electrons. The zero-order valence-corrected chi connectivity index (χ0v) is 13.5. The summed E-state index contributed by atoms with van der Waals surface area (Å²) < 4.78 is 0. The van der Waals surface area contributed by atoms with Gasteiger partial charge in [-0.1, -0.05) is 6.92 Å². The van der Waals surface area contributed by atoms with E-state index in [0.717, 1.165) is 17.9 Å². The van der Waals surface area contributed by atoms with E-state index < -0.39 is 0 Å². The molecule has 0 aromatic rings. The van der Waals surface area contributed by atoms with Crippen molar-refractivity contribution in [3.8, 4) is 0 Å². The molecule has 1 saturated carbocycles. The van der Waals surface area contributed by atoms with Crippen LogP contribution in [0.2, 0.25) is 0 Å². The molecule has 3 unspecified atom stereocenters. The van der Waals surface area contributed by atoms with Gasteiger partial charge in [0.2, 0.25) is 0 Å². The van der Waals surface area contributed by atoms with E-state index in [1.54, 1.807) is 0 Å². The third-order valence-electron chi connectivity index (χ3n) is 5.81. The van der Waals surface area contributed by atoms with Crippen molar-refractivity contribution in [3.05, 3.63) is 0 Å². The van der Waals surface area contributed by atoms with Gasteiger partial charge < -0.3 is 15.1 Å². The Balaban J connectivity index is 1.37. The molecule has 1 aliphatic carbocycles. The van der Waals surface area contributed by atoms with Crippen LogP contribution in [0.5, 0.6) is 0 Å². The predicted molar refractivity (Wildman–Crippen MR) is 85.0 cm³/mol. The van der Waals surface area contributed by atoms with E-state index in [2.05, 4.69) is 29.0 Å². The summed E-state index contributed by atoms with van der Waals surface area (Å²) in [6, 6.07) is 1.66. The van der Waals surface area contributed by atoms with Crippen molar-refractivity contribution >= 4 is 0 Å². The van der Waals surface area contributed by atoms with Gasteiger partial charge in [-0.05, 0) is 77.0 Å². The molecule has 3 fully saturated rings. The molecule has 20 heavy (non-hydrogen) atoms. The Labute approximate surface area is 125 Å². The minimum Gasteiger partial charge on any atom is -0.314 e. The van der Waals surface area contributed by atoms with Crippen LogP contribution >= 0.6 is 0 Å².